The highest BCUT2D eigenvalue weighted by atomic mass is 16.5. The molecule has 1 aromatic carbocycles. The third-order valence-electron chi connectivity index (χ3n) is 3.68. The minimum Gasteiger partial charge on any atom is -0.493 e. The van der Waals surface area contributed by atoms with Crippen LogP contribution < -0.4 is 14.8 Å². The van der Waals surface area contributed by atoms with Gasteiger partial charge in [-0.2, -0.15) is 0 Å². The number of methoxy groups -OCH3 is 1. The Morgan fingerprint density at radius 3 is 2.62 bits per heavy atom. The van der Waals surface area contributed by atoms with Crippen LogP contribution in [-0.4, -0.2) is 56.7 Å². The maximum absolute atomic E-state index is 12.0. The van der Waals surface area contributed by atoms with Gasteiger partial charge in [-0.15, -0.1) is 0 Å². The molecule has 7 nitrogen and oxygen atoms in total. The molecule has 1 heterocycles. The second-order valence-corrected chi connectivity index (χ2v) is 5.34. The first-order valence-electron chi connectivity index (χ1n) is 8.10. The number of amides is 2. The summed E-state index contributed by atoms with van der Waals surface area (Å²) < 4.78 is 15.9. The topological polar surface area (TPSA) is 77.1 Å². The van der Waals surface area contributed by atoms with Gasteiger partial charge in [0.2, 0.25) is 11.8 Å². The number of anilines is 1. The van der Waals surface area contributed by atoms with Crippen molar-refractivity contribution in [1.82, 2.24) is 4.90 Å². The van der Waals surface area contributed by atoms with Crippen LogP contribution in [0.25, 0.3) is 0 Å². The minimum atomic E-state index is -0.206. The van der Waals surface area contributed by atoms with Gasteiger partial charge in [0.15, 0.2) is 11.5 Å². The van der Waals surface area contributed by atoms with E-state index in [1.54, 1.807) is 30.2 Å². The number of rotatable bonds is 7. The lowest BCUT2D eigenvalue weighted by atomic mass is 10.2. The van der Waals surface area contributed by atoms with Crippen LogP contribution in [0.15, 0.2) is 18.2 Å². The van der Waals surface area contributed by atoms with Crippen molar-refractivity contribution in [3.63, 3.8) is 0 Å². The van der Waals surface area contributed by atoms with Gasteiger partial charge in [0, 0.05) is 37.7 Å². The molecule has 0 saturated carbocycles. The van der Waals surface area contributed by atoms with E-state index >= 15 is 0 Å². The van der Waals surface area contributed by atoms with Gasteiger partial charge < -0.3 is 24.4 Å². The molecule has 2 amide bonds. The zero-order valence-electron chi connectivity index (χ0n) is 14.2. The number of nitrogens with zero attached hydrogens (tertiary/aromatic N) is 1. The lowest BCUT2D eigenvalue weighted by Crippen LogP contribution is -2.40. The minimum absolute atomic E-state index is 0.0160. The molecule has 0 spiro atoms. The van der Waals surface area contributed by atoms with E-state index in [0.717, 1.165) is 0 Å². The van der Waals surface area contributed by atoms with Crippen LogP contribution in [0.5, 0.6) is 11.5 Å². The largest absolute Gasteiger partial charge is 0.493 e. The summed E-state index contributed by atoms with van der Waals surface area (Å²) in [4.78, 5) is 25.8. The van der Waals surface area contributed by atoms with Crippen LogP contribution in [0.2, 0.25) is 0 Å². The van der Waals surface area contributed by atoms with Gasteiger partial charge in [-0.1, -0.05) is 0 Å². The Hall–Kier alpha value is -2.28. The molecular formula is C17H24N2O5. The molecule has 2 rings (SSSR count). The summed E-state index contributed by atoms with van der Waals surface area (Å²) in [5.74, 6) is 0.958. The Morgan fingerprint density at radius 2 is 1.96 bits per heavy atom. The number of hydrogen-bond acceptors (Lipinski definition) is 5. The molecule has 1 fully saturated rings. The zero-order valence-corrected chi connectivity index (χ0v) is 14.2. The highest BCUT2D eigenvalue weighted by Crippen LogP contribution is 2.30. The van der Waals surface area contributed by atoms with Crippen LogP contribution in [0.4, 0.5) is 5.69 Å². The van der Waals surface area contributed by atoms with Crippen LogP contribution >= 0.6 is 0 Å². The standard InChI is InChI=1S/C17H24N2O5/c1-3-24-14-5-4-13(12-15(14)22-2)18-16(20)6-7-17(21)19-8-10-23-11-9-19/h4-5,12H,3,6-11H2,1-2H3,(H,18,20). The molecule has 1 N–H and O–H groups in total. The Balaban J connectivity index is 1.84. The molecular weight excluding hydrogens is 312 g/mol. The maximum atomic E-state index is 12.0. The third kappa shape index (κ3) is 5.13. The van der Waals surface area contributed by atoms with E-state index in [2.05, 4.69) is 5.32 Å². The van der Waals surface area contributed by atoms with Crippen molar-refractivity contribution in [3.8, 4) is 11.5 Å². The molecule has 0 radical (unpaired) electrons. The predicted octanol–water partition coefficient (Wildman–Crippen LogP) is 1.67. The number of hydrogen-bond donors (Lipinski definition) is 1. The number of morpholine rings is 1. The first-order chi connectivity index (χ1) is 11.6. The number of carbonyl (C=O) groups excluding carboxylic acids is 2. The summed E-state index contributed by atoms with van der Waals surface area (Å²) in [7, 11) is 1.55. The summed E-state index contributed by atoms with van der Waals surface area (Å²) in [6.45, 7) is 4.73. The SMILES string of the molecule is CCOc1ccc(NC(=O)CCC(=O)N2CCOCC2)cc1OC. The Labute approximate surface area is 141 Å². The molecule has 1 aromatic rings. The van der Waals surface area contributed by atoms with E-state index in [1.807, 2.05) is 6.92 Å². The van der Waals surface area contributed by atoms with Crippen LogP contribution in [0.1, 0.15) is 19.8 Å². The summed E-state index contributed by atoms with van der Waals surface area (Å²) in [6.07, 6.45) is 0.339. The number of nitrogens with one attached hydrogen (secondary N) is 1. The molecule has 1 saturated heterocycles. The lowest BCUT2D eigenvalue weighted by molar-refractivity contribution is -0.136. The van der Waals surface area contributed by atoms with Gasteiger partial charge in [-0.05, 0) is 19.1 Å². The second kappa shape index (κ2) is 9.12. The van der Waals surface area contributed by atoms with Crippen molar-refractivity contribution >= 4 is 17.5 Å². The van der Waals surface area contributed by atoms with Crippen molar-refractivity contribution in [2.24, 2.45) is 0 Å². The van der Waals surface area contributed by atoms with E-state index in [0.29, 0.717) is 50.1 Å². The number of carbonyl (C=O) groups is 2. The van der Waals surface area contributed by atoms with Crippen LogP contribution in [-0.2, 0) is 14.3 Å². The Kier molecular flexibility index (Phi) is 6.87. The van der Waals surface area contributed by atoms with E-state index in [-0.39, 0.29) is 24.7 Å². The molecule has 7 heteroatoms. The first-order valence-corrected chi connectivity index (χ1v) is 8.10. The molecule has 0 bridgehead atoms. The van der Waals surface area contributed by atoms with Crippen LogP contribution in [0.3, 0.4) is 0 Å². The fourth-order valence-corrected chi connectivity index (χ4v) is 2.43. The molecule has 0 aromatic heterocycles. The predicted molar refractivity (Wildman–Crippen MR) is 89.4 cm³/mol. The van der Waals surface area contributed by atoms with Crippen molar-refractivity contribution in [2.75, 3.05) is 45.3 Å². The summed E-state index contributed by atoms with van der Waals surface area (Å²) in [6, 6.07) is 5.19. The van der Waals surface area contributed by atoms with Crippen molar-refractivity contribution in [2.45, 2.75) is 19.8 Å². The van der Waals surface area contributed by atoms with E-state index in [4.69, 9.17) is 14.2 Å². The fourth-order valence-electron chi connectivity index (χ4n) is 2.43. The molecule has 24 heavy (non-hydrogen) atoms. The zero-order chi connectivity index (χ0) is 17.4. The normalized spacial score (nSPS) is 14.2. The average molecular weight is 336 g/mol. The smallest absolute Gasteiger partial charge is 0.224 e. The Bertz CT molecular complexity index is 570. The van der Waals surface area contributed by atoms with Crippen LogP contribution in [0, 0.1) is 0 Å². The van der Waals surface area contributed by atoms with Gasteiger partial charge in [0.25, 0.3) is 0 Å². The highest BCUT2D eigenvalue weighted by Gasteiger charge is 2.17. The van der Waals surface area contributed by atoms with E-state index in [9.17, 15) is 9.59 Å². The maximum Gasteiger partial charge on any atom is 0.224 e. The van der Waals surface area contributed by atoms with Crippen molar-refractivity contribution < 1.29 is 23.8 Å². The number of ether oxygens (including phenoxy) is 3. The lowest BCUT2D eigenvalue weighted by Gasteiger charge is -2.26. The average Bonchev–Trinajstić information content (AvgIpc) is 2.62. The van der Waals surface area contributed by atoms with Gasteiger partial charge in [-0.25, -0.2) is 0 Å². The van der Waals surface area contributed by atoms with Gasteiger partial charge >= 0.3 is 0 Å². The van der Waals surface area contributed by atoms with E-state index in [1.165, 1.54) is 0 Å². The monoisotopic (exact) mass is 336 g/mol. The van der Waals surface area contributed by atoms with Gasteiger partial charge in [0.05, 0.1) is 26.9 Å². The number of benzene rings is 1. The summed E-state index contributed by atoms with van der Waals surface area (Å²) in [5, 5.41) is 2.77. The summed E-state index contributed by atoms with van der Waals surface area (Å²) in [5.41, 5.74) is 0.610. The first kappa shape index (κ1) is 18.1. The molecule has 1 aliphatic heterocycles. The quantitative estimate of drug-likeness (QED) is 0.820. The highest BCUT2D eigenvalue weighted by molar-refractivity contribution is 5.93. The Morgan fingerprint density at radius 1 is 1.21 bits per heavy atom. The van der Waals surface area contributed by atoms with E-state index < -0.39 is 0 Å². The molecule has 0 atom stereocenters. The molecule has 0 aliphatic carbocycles. The third-order valence-corrected chi connectivity index (χ3v) is 3.68. The fraction of sp³-hybridized carbons (Fsp3) is 0.529. The second-order valence-electron chi connectivity index (χ2n) is 5.34. The molecule has 0 unspecified atom stereocenters. The van der Waals surface area contributed by atoms with Gasteiger partial charge in [0.1, 0.15) is 0 Å². The van der Waals surface area contributed by atoms with Crippen molar-refractivity contribution in [3.05, 3.63) is 18.2 Å². The molecule has 1 aliphatic rings. The van der Waals surface area contributed by atoms with Gasteiger partial charge in [-0.3, -0.25) is 9.59 Å². The van der Waals surface area contributed by atoms with Crippen molar-refractivity contribution in [1.29, 1.82) is 0 Å². The molecule has 132 valence electrons. The summed E-state index contributed by atoms with van der Waals surface area (Å²) >= 11 is 0.